The summed E-state index contributed by atoms with van der Waals surface area (Å²) in [6.45, 7) is 4.10. The molecule has 1 saturated carbocycles. The minimum atomic E-state index is -0.230. The number of rotatable bonds is 4. The topological polar surface area (TPSA) is 78.9 Å². The highest BCUT2D eigenvalue weighted by atomic mass is 16.2. The van der Waals surface area contributed by atoms with E-state index in [1.807, 2.05) is 12.1 Å². The van der Waals surface area contributed by atoms with Crippen LogP contribution in [-0.4, -0.2) is 22.3 Å². The van der Waals surface area contributed by atoms with Crippen LogP contribution >= 0.6 is 0 Å². The van der Waals surface area contributed by atoms with Crippen LogP contribution in [0.2, 0.25) is 0 Å². The Labute approximate surface area is 129 Å². The molecule has 1 fully saturated rings. The quantitative estimate of drug-likeness (QED) is 0.810. The van der Waals surface area contributed by atoms with Crippen LogP contribution in [0.4, 0.5) is 22.1 Å². The second kappa shape index (κ2) is 6.01. The van der Waals surface area contributed by atoms with Crippen LogP contribution in [0, 0.1) is 13.8 Å². The first kappa shape index (κ1) is 14.3. The number of carbonyl (C=O) groups is 1. The Balaban J connectivity index is 1.61. The van der Waals surface area contributed by atoms with E-state index in [9.17, 15) is 4.79 Å². The number of aromatic nitrogens is 2. The molecule has 0 saturated heterocycles. The highest BCUT2D eigenvalue weighted by Crippen LogP contribution is 2.19. The molecule has 0 atom stereocenters. The number of hydrogen-bond acceptors (Lipinski definition) is 4. The van der Waals surface area contributed by atoms with Crippen LogP contribution < -0.4 is 16.0 Å². The molecular formula is C16H19N5O. The summed E-state index contributed by atoms with van der Waals surface area (Å²) in [7, 11) is 0. The van der Waals surface area contributed by atoms with Gasteiger partial charge < -0.3 is 10.6 Å². The normalized spacial score (nSPS) is 13.5. The van der Waals surface area contributed by atoms with Gasteiger partial charge in [0.1, 0.15) is 0 Å². The van der Waals surface area contributed by atoms with Gasteiger partial charge in [-0.2, -0.15) is 0 Å². The lowest BCUT2D eigenvalue weighted by Gasteiger charge is -2.08. The van der Waals surface area contributed by atoms with Gasteiger partial charge in [-0.3, -0.25) is 5.32 Å². The first-order chi connectivity index (χ1) is 10.6. The van der Waals surface area contributed by atoms with E-state index < -0.39 is 0 Å². The Bertz CT molecular complexity index is 659. The van der Waals surface area contributed by atoms with Gasteiger partial charge in [-0.15, -0.1) is 10.2 Å². The van der Waals surface area contributed by atoms with Crippen molar-refractivity contribution in [3.63, 3.8) is 0 Å². The van der Waals surface area contributed by atoms with Crippen molar-refractivity contribution in [2.75, 3.05) is 10.6 Å². The molecule has 0 spiro atoms. The van der Waals surface area contributed by atoms with Gasteiger partial charge in [-0.1, -0.05) is 6.07 Å². The highest BCUT2D eigenvalue weighted by Gasteiger charge is 2.23. The maximum absolute atomic E-state index is 11.6. The van der Waals surface area contributed by atoms with Crippen molar-refractivity contribution in [3.05, 3.63) is 41.5 Å². The third kappa shape index (κ3) is 3.94. The van der Waals surface area contributed by atoms with Crippen LogP contribution in [-0.2, 0) is 0 Å². The number of aryl methyl sites for hydroxylation is 2. The van der Waals surface area contributed by atoms with Crippen molar-refractivity contribution in [2.45, 2.75) is 32.7 Å². The standard InChI is InChI=1S/C16H19N5O/c1-10-7-11(2)9-13(8-10)17-14-5-6-15(21-20-14)19-16(22)18-12-3-4-12/h5-9,12H,3-4H2,1-2H3,(H,17,20)(H2,18,19,21,22). The number of nitrogens with zero attached hydrogens (tertiary/aromatic N) is 2. The predicted molar refractivity (Wildman–Crippen MR) is 86.4 cm³/mol. The molecule has 1 aromatic heterocycles. The molecule has 0 radical (unpaired) electrons. The minimum Gasteiger partial charge on any atom is -0.339 e. The van der Waals surface area contributed by atoms with Crippen molar-refractivity contribution >= 4 is 23.4 Å². The average Bonchev–Trinajstić information content (AvgIpc) is 3.23. The van der Waals surface area contributed by atoms with E-state index >= 15 is 0 Å². The zero-order valence-corrected chi connectivity index (χ0v) is 12.7. The summed E-state index contributed by atoms with van der Waals surface area (Å²) in [5.41, 5.74) is 3.34. The number of benzene rings is 1. The first-order valence-corrected chi connectivity index (χ1v) is 7.35. The van der Waals surface area contributed by atoms with E-state index in [1.54, 1.807) is 12.1 Å². The van der Waals surface area contributed by atoms with Gasteiger partial charge in [0.05, 0.1) is 0 Å². The summed E-state index contributed by atoms with van der Waals surface area (Å²) in [4.78, 5) is 11.6. The second-order valence-corrected chi connectivity index (χ2v) is 5.68. The fourth-order valence-electron chi connectivity index (χ4n) is 2.23. The van der Waals surface area contributed by atoms with Crippen LogP contribution in [0.5, 0.6) is 0 Å². The lowest BCUT2D eigenvalue weighted by molar-refractivity contribution is 0.251. The molecular weight excluding hydrogens is 278 g/mol. The summed E-state index contributed by atoms with van der Waals surface area (Å²) in [5.74, 6) is 1.07. The van der Waals surface area contributed by atoms with Gasteiger partial charge >= 0.3 is 6.03 Å². The number of carbonyl (C=O) groups excluding carboxylic acids is 1. The number of anilines is 3. The second-order valence-electron chi connectivity index (χ2n) is 5.68. The highest BCUT2D eigenvalue weighted by molar-refractivity contribution is 5.88. The first-order valence-electron chi connectivity index (χ1n) is 7.35. The Hall–Kier alpha value is -2.63. The third-order valence-corrected chi connectivity index (χ3v) is 3.31. The Morgan fingerprint density at radius 1 is 1.05 bits per heavy atom. The fourth-order valence-corrected chi connectivity index (χ4v) is 2.23. The number of nitrogens with one attached hydrogen (secondary N) is 3. The van der Waals surface area contributed by atoms with Gasteiger partial charge in [-0.25, -0.2) is 4.79 Å². The molecule has 1 aromatic carbocycles. The zero-order chi connectivity index (χ0) is 15.5. The van der Waals surface area contributed by atoms with Crippen LogP contribution in [0.1, 0.15) is 24.0 Å². The summed E-state index contributed by atoms with van der Waals surface area (Å²) >= 11 is 0. The number of urea groups is 1. The molecule has 3 rings (SSSR count). The van der Waals surface area contributed by atoms with Crippen molar-refractivity contribution in [2.24, 2.45) is 0 Å². The van der Waals surface area contributed by atoms with Crippen molar-refractivity contribution < 1.29 is 4.79 Å². The molecule has 1 aliphatic carbocycles. The van der Waals surface area contributed by atoms with Crippen LogP contribution in [0.3, 0.4) is 0 Å². The maximum Gasteiger partial charge on any atom is 0.320 e. The van der Waals surface area contributed by atoms with Gasteiger partial charge in [0, 0.05) is 11.7 Å². The predicted octanol–water partition coefficient (Wildman–Crippen LogP) is 3.12. The molecule has 3 N–H and O–H groups in total. The lowest BCUT2D eigenvalue weighted by Crippen LogP contribution is -2.30. The van der Waals surface area contributed by atoms with Crippen molar-refractivity contribution in [3.8, 4) is 0 Å². The average molecular weight is 297 g/mol. The molecule has 2 aromatic rings. The Morgan fingerprint density at radius 2 is 1.68 bits per heavy atom. The monoisotopic (exact) mass is 297 g/mol. The smallest absolute Gasteiger partial charge is 0.320 e. The summed E-state index contributed by atoms with van der Waals surface area (Å²) in [6.07, 6.45) is 2.11. The fraction of sp³-hybridized carbons (Fsp3) is 0.312. The number of hydrogen-bond donors (Lipinski definition) is 3. The molecule has 6 heteroatoms. The molecule has 1 aliphatic rings. The van der Waals surface area contributed by atoms with Gasteiger partial charge in [-0.05, 0) is 62.1 Å². The van der Waals surface area contributed by atoms with E-state index in [2.05, 4.69) is 46.1 Å². The van der Waals surface area contributed by atoms with E-state index in [4.69, 9.17) is 0 Å². The van der Waals surface area contributed by atoms with Crippen molar-refractivity contribution in [1.29, 1.82) is 0 Å². The molecule has 0 unspecified atom stereocenters. The maximum atomic E-state index is 11.6. The molecule has 0 aliphatic heterocycles. The van der Waals surface area contributed by atoms with E-state index in [-0.39, 0.29) is 6.03 Å². The van der Waals surface area contributed by atoms with E-state index in [0.29, 0.717) is 17.7 Å². The van der Waals surface area contributed by atoms with Crippen molar-refractivity contribution in [1.82, 2.24) is 15.5 Å². The lowest BCUT2D eigenvalue weighted by atomic mass is 10.1. The molecule has 1 heterocycles. The van der Waals surface area contributed by atoms with Gasteiger partial charge in [0.2, 0.25) is 0 Å². The van der Waals surface area contributed by atoms with Gasteiger partial charge in [0.15, 0.2) is 11.6 Å². The summed E-state index contributed by atoms with van der Waals surface area (Å²) < 4.78 is 0. The van der Waals surface area contributed by atoms with Crippen LogP contribution in [0.15, 0.2) is 30.3 Å². The van der Waals surface area contributed by atoms with Gasteiger partial charge in [0.25, 0.3) is 0 Å². The van der Waals surface area contributed by atoms with E-state index in [0.717, 1.165) is 18.5 Å². The SMILES string of the molecule is Cc1cc(C)cc(Nc2ccc(NC(=O)NC3CC3)nn2)c1. The van der Waals surface area contributed by atoms with Crippen LogP contribution in [0.25, 0.3) is 0 Å². The largest absolute Gasteiger partial charge is 0.339 e. The molecule has 114 valence electrons. The Morgan fingerprint density at radius 3 is 2.27 bits per heavy atom. The zero-order valence-electron chi connectivity index (χ0n) is 12.7. The Kier molecular flexibility index (Phi) is 3.91. The molecule has 0 bridgehead atoms. The molecule has 6 nitrogen and oxygen atoms in total. The molecule has 2 amide bonds. The summed E-state index contributed by atoms with van der Waals surface area (Å²) in [6, 6.07) is 9.81. The van der Waals surface area contributed by atoms with E-state index in [1.165, 1.54) is 11.1 Å². The number of amides is 2. The molecule has 22 heavy (non-hydrogen) atoms. The minimum absolute atomic E-state index is 0.230. The summed E-state index contributed by atoms with van der Waals surface area (Å²) in [5, 5.41) is 16.8. The third-order valence-electron chi connectivity index (χ3n) is 3.31.